The summed E-state index contributed by atoms with van der Waals surface area (Å²) in [5.41, 5.74) is 0.989. The first kappa shape index (κ1) is 19.6. The number of anilines is 1. The number of nitro benzene ring substituents is 1. The molecular weight excluding hydrogens is 344 g/mol. The van der Waals surface area contributed by atoms with Gasteiger partial charge in [-0.2, -0.15) is 0 Å². The van der Waals surface area contributed by atoms with E-state index in [1.54, 1.807) is 12.1 Å². The Kier molecular flexibility index (Phi) is 5.99. The third-order valence-corrected chi connectivity index (χ3v) is 5.60. The maximum atomic E-state index is 12.6. The molecule has 0 bridgehead atoms. The minimum Gasteiger partial charge on any atom is -0.365 e. The summed E-state index contributed by atoms with van der Waals surface area (Å²) in [6.45, 7) is 8.94. The molecule has 2 heterocycles. The zero-order valence-corrected chi connectivity index (χ0v) is 16.4. The van der Waals surface area contributed by atoms with E-state index in [4.69, 9.17) is 0 Å². The lowest BCUT2D eigenvalue weighted by molar-refractivity contribution is -0.384. The number of benzene rings is 1. The van der Waals surface area contributed by atoms with E-state index in [1.807, 2.05) is 0 Å². The molecule has 0 radical (unpaired) electrons. The molecule has 148 valence electrons. The summed E-state index contributed by atoms with van der Waals surface area (Å²) in [5.74, 6) is 0.764. The summed E-state index contributed by atoms with van der Waals surface area (Å²) in [6, 6.07) is 5.36. The van der Waals surface area contributed by atoms with Crippen molar-refractivity contribution < 1.29 is 9.72 Å². The molecule has 7 nitrogen and oxygen atoms in total. The number of nitrogens with one attached hydrogen (secondary N) is 2. The van der Waals surface area contributed by atoms with Gasteiger partial charge in [0.2, 0.25) is 0 Å². The standard InChI is InChI=1S/C20H30N4O3/c1-13-8-14(2)12-23(11-13)18-5-4-16(10-19(18)24(26)27)20(25)22-17-6-7-21-15(3)9-17/h4-5,10,13-15,17,21H,6-9,11-12H2,1-3H3,(H,22,25). The third kappa shape index (κ3) is 4.77. The minimum atomic E-state index is -0.372. The van der Waals surface area contributed by atoms with E-state index in [9.17, 15) is 14.9 Å². The Morgan fingerprint density at radius 2 is 1.93 bits per heavy atom. The molecule has 0 saturated carbocycles. The normalized spacial score (nSPS) is 28.6. The van der Waals surface area contributed by atoms with Crippen LogP contribution in [0.1, 0.15) is 50.4 Å². The van der Waals surface area contributed by atoms with E-state index in [0.717, 1.165) is 38.9 Å². The first-order chi connectivity index (χ1) is 12.8. The zero-order chi connectivity index (χ0) is 19.6. The van der Waals surface area contributed by atoms with Gasteiger partial charge in [-0.1, -0.05) is 13.8 Å². The Morgan fingerprint density at radius 1 is 1.22 bits per heavy atom. The number of hydrogen-bond donors (Lipinski definition) is 2. The molecule has 1 aromatic carbocycles. The van der Waals surface area contributed by atoms with Crippen molar-refractivity contribution in [2.75, 3.05) is 24.5 Å². The van der Waals surface area contributed by atoms with E-state index in [0.29, 0.717) is 29.1 Å². The highest BCUT2D eigenvalue weighted by Gasteiger charge is 2.28. The molecule has 1 amide bonds. The van der Waals surface area contributed by atoms with E-state index in [1.165, 1.54) is 6.07 Å². The van der Waals surface area contributed by atoms with Gasteiger partial charge in [0.25, 0.3) is 11.6 Å². The fraction of sp³-hybridized carbons (Fsp3) is 0.650. The van der Waals surface area contributed by atoms with Crippen LogP contribution in [0.5, 0.6) is 0 Å². The smallest absolute Gasteiger partial charge is 0.293 e. The van der Waals surface area contributed by atoms with E-state index < -0.39 is 0 Å². The van der Waals surface area contributed by atoms with Gasteiger partial charge < -0.3 is 15.5 Å². The number of piperidine rings is 2. The fourth-order valence-corrected chi connectivity index (χ4v) is 4.47. The molecule has 4 unspecified atom stereocenters. The molecule has 7 heteroatoms. The highest BCUT2D eigenvalue weighted by atomic mass is 16.6. The fourth-order valence-electron chi connectivity index (χ4n) is 4.47. The van der Waals surface area contributed by atoms with E-state index in [2.05, 4.69) is 36.3 Å². The van der Waals surface area contributed by atoms with Crippen LogP contribution in [-0.4, -0.2) is 42.5 Å². The maximum Gasteiger partial charge on any atom is 0.293 e. The quantitative estimate of drug-likeness (QED) is 0.625. The van der Waals surface area contributed by atoms with Crippen LogP contribution in [-0.2, 0) is 0 Å². The summed E-state index contributed by atoms with van der Waals surface area (Å²) in [7, 11) is 0. The molecule has 2 aliphatic heterocycles. The lowest BCUT2D eigenvalue weighted by atomic mass is 9.91. The van der Waals surface area contributed by atoms with Gasteiger partial charge in [-0.05, 0) is 56.7 Å². The van der Waals surface area contributed by atoms with Gasteiger partial charge in [-0.3, -0.25) is 14.9 Å². The van der Waals surface area contributed by atoms with Gasteiger partial charge in [-0.15, -0.1) is 0 Å². The maximum absolute atomic E-state index is 12.6. The van der Waals surface area contributed by atoms with E-state index >= 15 is 0 Å². The molecule has 2 aliphatic rings. The molecule has 2 fully saturated rings. The lowest BCUT2D eigenvalue weighted by Gasteiger charge is -2.36. The number of hydrogen-bond acceptors (Lipinski definition) is 5. The molecule has 2 N–H and O–H groups in total. The summed E-state index contributed by atoms with van der Waals surface area (Å²) in [6.07, 6.45) is 2.88. The zero-order valence-electron chi connectivity index (χ0n) is 16.4. The first-order valence-electron chi connectivity index (χ1n) is 9.91. The predicted octanol–water partition coefficient (Wildman–Crippen LogP) is 2.95. The second-order valence-corrected chi connectivity index (χ2v) is 8.36. The van der Waals surface area contributed by atoms with Gasteiger partial charge in [-0.25, -0.2) is 0 Å². The van der Waals surface area contributed by atoms with Crippen molar-refractivity contribution in [3.63, 3.8) is 0 Å². The van der Waals surface area contributed by atoms with E-state index in [-0.39, 0.29) is 22.6 Å². The van der Waals surface area contributed by atoms with Crippen molar-refractivity contribution in [3.8, 4) is 0 Å². The molecule has 0 spiro atoms. The number of carbonyl (C=O) groups excluding carboxylic acids is 1. The average Bonchev–Trinajstić information content (AvgIpc) is 2.60. The van der Waals surface area contributed by atoms with Crippen LogP contribution in [0, 0.1) is 22.0 Å². The van der Waals surface area contributed by atoms with Crippen LogP contribution in [0.3, 0.4) is 0 Å². The van der Waals surface area contributed by atoms with Crippen molar-refractivity contribution in [1.29, 1.82) is 0 Å². The number of rotatable bonds is 4. The largest absolute Gasteiger partial charge is 0.365 e. The first-order valence-corrected chi connectivity index (χ1v) is 9.91. The summed E-state index contributed by atoms with van der Waals surface area (Å²) in [4.78, 5) is 26.0. The Morgan fingerprint density at radius 3 is 2.56 bits per heavy atom. The lowest BCUT2D eigenvalue weighted by Crippen LogP contribution is -2.46. The van der Waals surface area contributed by atoms with Crippen LogP contribution in [0.2, 0.25) is 0 Å². The molecule has 27 heavy (non-hydrogen) atoms. The second-order valence-electron chi connectivity index (χ2n) is 8.36. The van der Waals surface area contributed by atoms with Crippen molar-refractivity contribution in [2.45, 2.75) is 52.1 Å². The van der Waals surface area contributed by atoms with Crippen molar-refractivity contribution >= 4 is 17.3 Å². The Balaban J connectivity index is 1.78. The Labute approximate surface area is 160 Å². The van der Waals surface area contributed by atoms with Crippen molar-refractivity contribution in [3.05, 3.63) is 33.9 Å². The highest BCUT2D eigenvalue weighted by molar-refractivity contribution is 5.96. The van der Waals surface area contributed by atoms with Gasteiger partial charge in [0.05, 0.1) is 4.92 Å². The van der Waals surface area contributed by atoms with Crippen LogP contribution in [0.25, 0.3) is 0 Å². The van der Waals surface area contributed by atoms with Crippen LogP contribution < -0.4 is 15.5 Å². The molecule has 1 aromatic rings. The van der Waals surface area contributed by atoms with Gasteiger partial charge in [0.15, 0.2) is 0 Å². The second kappa shape index (κ2) is 8.25. The molecule has 2 saturated heterocycles. The van der Waals surface area contributed by atoms with Gasteiger partial charge >= 0.3 is 0 Å². The monoisotopic (exact) mass is 374 g/mol. The molecule has 4 atom stereocenters. The number of carbonyl (C=O) groups is 1. The minimum absolute atomic E-state index is 0.0163. The molecule has 0 aliphatic carbocycles. The highest BCUT2D eigenvalue weighted by Crippen LogP contribution is 2.33. The van der Waals surface area contributed by atoms with Crippen molar-refractivity contribution in [2.24, 2.45) is 11.8 Å². The van der Waals surface area contributed by atoms with Crippen LogP contribution >= 0.6 is 0 Å². The van der Waals surface area contributed by atoms with Crippen molar-refractivity contribution in [1.82, 2.24) is 10.6 Å². The number of nitrogens with zero attached hydrogens (tertiary/aromatic N) is 2. The topological polar surface area (TPSA) is 87.5 Å². The molecule has 0 aromatic heterocycles. The summed E-state index contributed by atoms with van der Waals surface area (Å²) < 4.78 is 0. The molecule has 3 rings (SSSR count). The summed E-state index contributed by atoms with van der Waals surface area (Å²) in [5, 5.41) is 18.1. The third-order valence-electron chi connectivity index (χ3n) is 5.60. The Hall–Kier alpha value is -2.15. The molecular formula is C20H30N4O3. The van der Waals surface area contributed by atoms with Gasteiger partial charge in [0.1, 0.15) is 5.69 Å². The van der Waals surface area contributed by atoms with Crippen LogP contribution in [0.15, 0.2) is 18.2 Å². The predicted molar refractivity (Wildman–Crippen MR) is 106 cm³/mol. The SMILES string of the molecule is CC1CC(C)CN(c2ccc(C(=O)NC3CCNC(C)C3)cc2[N+](=O)[O-])C1. The van der Waals surface area contributed by atoms with Crippen LogP contribution in [0.4, 0.5) is 11.4 Å². The van der Waals surface area contributed by atoms with Gasteiger partial charge in [0, 0.05) is 36.8 Å². The average molecular weight is 374 g/mol. The number of nitro groups is 1. The Bertz CT molecular complexity index is 698. The number of amides is 1. The summed E-state index contributed by atoms with van der Waals surface area (Å²) >= 11 is 0.